The molecule has 184 valence electrons. The van der Waals surface area contributed by atoms with Crippen molar-refractivity contribution in [2.75, 3.05) is 51.1 Å². The summed E-state index contributed by atoms with van der Waals surface area (Å²) in [4.78, 5) is 12.0. The van der Waals surface area contributed by atoms with Crippen LogP contribution in [-0.2, 0) is 11.2 Å². The number of rotatable bonds is 9. The first kappa shape index (κ1) is 23.4. The van der Waals surface area contributed by atoms with E-state index < -0.39 is 0 Å². The van der Waals surface area contributed by atoms with Crippen LogP contribution in [0.5, 0.6) is 11.5 Å². The van der Waals surface area contributed by atoms with Crippen LogP contribution in [0, 0.1) is 0 Å². The van der Waals surface area contributed by atoms with Gasteiger partial charge < -0.3 is 29.7 Å². The Bertz CT molecular complexity index is 1130. The van der Waals surface area contributed by atoms with E-state index in [1.807, 2.05) is 36.5 Å². The van der Waals surface area contributed by atoms with Gasteiger partial charge in [-0.3, -0.25) is 0 Å². The third kappa shape index (κ3) is 5.66. The Morgan fingerprint density at radius 3 is 2.60 bits per heavy atom. The maximum atomic E-state index is 6.28. The zero-order chi connectivity index (χ0) is 24.0. The number of likely N-dealkylation sites (tertiary alicyclic amines) is 1. The number of methoxy groups -OCH3 is 2. The molecule has 0 radical (unpaired) electrons. The molecule has 8 heteroatoms. The van der Waals surface area contributed by atoms with Gasteiger partial charge in [0.05, 0.1) is 26.5 Å². The standard InChI is InChI=1S/C27H33N5O3/c1-33-21-15-20(16-22(17-21)34-2)29-27-28-18-19-14-25(35-13-7-12-32-10-5-6-11-32)30-24-9-4-3-8-23(24)26(19)31-27/h3-4,8-9,15-18,25,30H,5-7,10-14H2,1-2H3,(H,28,29,31). The van der Waals surface area contributed by atoms with E-state index in [-0.39, 0.29) is 6.23 Å². The fourth-order valence-electron chi connectivity index (χ4n) is 4.72. The van der Waals surface area contributed by atoms with Crippen LogP contribution in [-0.4, -0.2) is 61.6 Å². The lowest BCUT2D eigenvalue weighted by Crippen LogP contribution is -2.27. The smallest absolute Gasteiger partial charge is 0.227 e. The average Bonchev–Trinajstić information content (AvgIpc) is 3.35. The first-order chi connectivity index (χ1) is 17.2. The Hall–Kier alpha value is -3.36. The highest BCUT2D eigenvalue weighted by molar-refractivity contribution is 5.79. The molecule has 2 aromatic carbocycles. The number of nitrogens with one attached hydrogen (secondary N) is 2. The number of hydrogen-bond donors (Lipinski definition) is 2. The quantitative estimate of drug-likeness (QED) is 0.431. The molecule has 0 aliphatic carbocycles. The lowest BCUT2D eigenvalue weighted by molar-refractivity contribution is 0.0664. The first-order valence-electron chi connectivity index (χ1n) is 12.3. The summed E-state index contributed by atoms with van der Waals surface area (Å²) in [6.45, 7) is 4.27. The summed E-state index contributed by atoms with van der Waals surface area (Å²) in [5.41, 5.74) is 4.81. The number of para-hydroxylation sites is 1. The van der Waals surface area contributed by atoms with E-state index in [0.717, 1.165) is 47.8 Å². The number of aromatic nitrogens is 2. The number of anilines is 3. The van der Waals surface area contributed by atoms with Crippen LogP contribution in [0.1, 0.15) is 24.8 Å². The Labute approximate surface area is 206 Å². The number of hydrogen-bond acceptors (Lipinski definition) is 8. The van der Waals surface area contributed by atoms with Crippen molar-refractivity contribution in [1.29, 1.82) is 0 Å². The van der Waals surface area contributed by atoms with Crippen molar-refractivity contribution in [3.05, 3.63) is 54.2 Å². The van der Waals surface area contributed by atoms with Gasteiger partial charge in [0.15, 0.2) is 0 Å². The van der Waals surface area contributed by atoms with E-state index in [2.05, 4.69) is 32.7 Å². The highest BCUT2D eigenvalue weighted by atomic mass is 16.5. The maximum absolute atomic E-state index is 6.28. The monoisotopic (exact) mass is 475 g/mol. The molecule has 0 amide bonds. The number of nitrogens with zero attached hydrogens (tertiary/aromatic N) is 3. The van der Waals surface area contributed by atoms with Crippen molar-refractivity contribution in [2.24, 2.45) is 0 Å². The van der Waals surface area contributed by atoms with Crippen molar-refractivity contribution in [3.63, 3.8) is 0 Å². The Balaban J connectivity index is 1.34. The van der Waals surface area contributed by atoms with Crippen LogP contribution < -0.4 is 20.1 Å². The summed E-state index contributed by atoms with van der Waals surface area (Å²) in [6, 6.07) is 13.8. The van der Waals surface area contributed by atoms with Crippen LogP contribution in [0.15, 0.2) is 48.7 Å². The molecule has 1 saturated heterocycles. The zero-order valence-corrected chi connectivity index (χ0v) is 20.4. The van der Waals surface area contributed by atoms with E-state index in [0.29, 0.717) is 23.9 Å². The van der Waals surface area contributed by atoms with Crippen LogP contribution in [0.4, 0.5) is 17.3 Å². The number of ether oxygens (including phenoxy) is 3. The Morgan fingerprint density at radius 2 is 1.83 bits per heavy atom. The molecular weight excluding hydrogens is 442 g/mol. The fourth-order valence-corrected chi connectivity index (χ4v) is 4.72. The molecule has 2 N–H and O–H groups in total. The number of fused-ring (bicyclic) bond motifs is 3. The minimum absolute atomic E-state index is 0.124. The average molecular weight is 476 g/mol. The normalized spacial score (nSPS) is 17.1. The van der Waals surface area contributed by atoms with Gasteiger partial charge >= 0.3 is 0 Å². The van der Waals surface area contributed by atoms with E-state index in [1.165, 1.54) is 25.9 Å². The van der Waals surface area contributed by atoms with Crippen LogP contribution >= 0.6 is 0 Å². The highest BCUT2D eigenvalue weighted by Gasteiger charge is 2.23. The molecule has 5 rings (SSSR count). The van der Waals surface area contributed by atoms with Crippen molar-refractivity contribution < 1.29 is 14.2 Å². The molecule has 0 saturated carbocycles. The lowest BCUT2D eigenvalue weighted by Gasteiger charge is -2.20. The van der Waals surface area contributed by atoms with Gasteiger partial charge in [0.25, 0.3) is 0 Å². The van der Waals surface area contributed by atoms with Gasteiger partial charge in [-0.05, 0) is 38.4 Å². The molecule has 1 atom stereocenters. The molecule has 1 aromatic heterocycles. The summed E-state index contributed by atoms with van der Waals surface area (Å²) < 4.78 is 17.0. The predicted octanol–water partition coefficient (Wildman–Crippen LogP) is 4.70. The van der Waals surface area contributed by atoms with Crippen molar-refractivity contribution in [1.82, 2.24) is 14.9 Å². The summed E-state index contributed by atoms with van der Waals surface area (Å²) >= 11 is 0. The van der Waals surface area contributed by atoms with E-state index in [4.69, 9.17) is 19.2 Å². The molecule has 2 aliphatic rings. The largest absolute Gasteiger partial charge is 0.497 e. The fraction of sp³-hybridized carbons (Fsp3) is 0.407. The van der Waals surface area contributed by atoms with Crippen LogP contribution in [0.25, 0.3) is 11.3 Å². The summed E-state index contributed by atoms with van der Waals surface area (Å²) in [7, 11) is 3.26. The van der Waals surface area contributed by atoms with Gasteiger partial charge in [-0.15, -0.1) is 0 Å². The highest BCUT2D eigenvalue weighted by Crippen LogP contribution is 2.35. The molecule has 2 aliphatic heterocycles. The third-order valence-electron chi connectivity index (χ3n) is 6.51. The molecule has 1 fully saturated rings. The zero-order valence-electron chi connectivity index (χ0n) is 20.4. The van der Waals surface area contributed by atoms with E-state index >= 15 is 0 Å². The molecule has 8 nitrogen and oxygen atoms in total. The number of benzene rings is 2. The van der Waals surface area contributed by atoms with Crippen molar-refractivity contribution >= 4 is 17.3 Å². The molecule has 3 heterocycles. The molecule has 35 heavy (non-hydrogen) atoms. The van der Waals surface area contributed by atoms with Gasteiger partial charge in [-0.1, -0.05) is 18.2 Å². The van der Waals surface area contributed by atoms with Gasteiger partial charge in [-0.2, -0.15) is 0 Å². The molecule has 1 unspecified atom stereocenters. The van der Waals surface area contributed by atoms with Gasteiger partial charge in [0.2, 0.25) is 5.95 Å². The van der Waals surface area contributed by atoms with E-state index in [9.17, 15) is 0 Å². The molecule has 0 bridgehead atoms. The van der Waals surface area contributed by atoms with Crippen LogP contribution in [0.2, 0.25) is 0 Å². The minimum atomic E-state index is -0.124. The summed E-state index contributed by atoms with van der Waals surface area (Å²) in [6.07, 6.45) is 6.14. The lowest BCUT2D eigenvalue weighted by atomic mass is 10.1. The van der Waals surface area contributed by atoms with Crippen LogP contribution in [0.3, 0.4) is 0 Å². The second-order valence-corrected chi connectivity index (χ2v) is 8.95. The topological polar surface area (TPSA) is 80.8 Å². The van der Waals surface area contributed by atoms with Crippen molar-refractivity contribution in [3.8, 4) is 22.8 Å². The van der Waals surface area contributed by atoms with E-state index in [1.54, 1.807) is 14.2 Å². The summed E-state index contributed by atoms with van der Waals surface area (Å²) in [5.74, 6) is 1.90. The molecule has 0 spiro atoms. The van der Waals surface area contributed by atoms with Gasteiger partial charge in [-0.25, -0.2) is 9.97 Å². The SMILES string of the molecule is COc1cc(Nc2ncc3c(n2)-c2ccccc2NC(OCCCN2CCCC2)C3)cc(OC)c1. The first-order valence-corrected chi connectivity index (χ1v) is 12.3. The summed E-state index contributed by atoms with van der Waals surface area (Å²) in [5, 5.41) is 6.87. The minimum Gasteiger partial charge on any atom is -0.497 e. The van der Waals surface area contributed by atoms with Gasteiger partial charge in [0, 0.05) is 59.9 Å². The van der Waals surface area contributed by atoms with Crippen molar-refractivity contribution in [2.45, 2.75) is 31.9 Å². The molecular formula is C27H33N5O3. The second-order valence-electron chi connectivity index (χ2n) is 8.95. The van der Waals surface area contributed by atoms with Gasteiger partial charge in [0.1, 0.15) is 17.7 Å². The second kappa shape index (κ2) is 10.9. The predicted molar refractivity (Wildman–Crippen MR) is 138 cm³/mol. The maximum Gasteiger partial charge on any atom is 0.227 e. The molecule has 3 aromatic rings. The third-order valence-corrected chi connectivity index (χ3v) is 6.51. The Kier molecular flexibility index (Phi) is 7.30. The Morgan fingerprint density at radius 1 is 1.06 bits per heavy atom.